The van der Waals surface area contributed by atoms with Crippen molar-refractivity contribution in [3.8, 4) is 11.4 Å². The maximum atomic E-state index is 14.9. The van der Waals surface area contributed by atoms with E-state index in [0.29, 0.717) is 14.7 Å². The van der Waals surface area contributed by atoms with Crippen molar-refractivity contribution in [2.75, 3.05) is 7.11 Å². The highest BCUT2D eigenvalue weighted by Crippen LogP contribution is 2.21. The third-order valence-electron chi connectivity index (χ3n) is 4.70. The molecule has 0 spiro atoms. The molecule has 1 unspecified atom stereocenters. The minimum absolute atomic E-state index is 0.00185. The summed E-state index contributed by atoms with van der Waals surface area (Å²) in [5, 5.41) is 2.50. The molecule has 10 nitrogen and oxygen atoms in total. The zero-order valence-electron chi connectivity index (χ0n) is 19.1. The molecule has 0 bridgehead atoms. The Kier molecular flexibility index (Phi) is 7.04. The summed E-state index contributed by atoms with van der Waals surface area (Å²) in [6.07, 6.45) is -2.14. The average molecular weight is 472 g/mol. The molecule has 3 aromatic rings. The second-order valence-electron chi connectivity index (χ2n) is 8.37. The molecule has 0 radical (unpaired) electrons. The first-order valence-corrected chi connectivity index (χ1v) is 10.4. The van der Waals surface area contributed by atoms with E-state index in [1.165, 1.54) is 25.3 Å². The van der Waals surface area contributed by atoms with Crippen LogP contribution in [0.2, 0.25) is 0 Å². The van der Waals surface area contributed by atoms with Crippen molar-refractivity contribution in [1.82, 2.24) is 19.4 Å². The van der Waals surface area contributed by atoms with E-state index >= 15 is 0 Å². The lowest BCUT2D eigenvalue weighted by Gasteiger charge is -2.24. The fourth-order valence-corrected chi connectivity index (χ4v) is 3.29. The van der Waals surface area contributed by atoms with Crippen molar-refractivity contribution >= 4 is 6.09 Å². The first-order chi connectivity index (χ1) is 16.0. The first-order valence-electron chi connectivity index (χ1n) is 10.4. The smallest absolute Gasteiger partial charge is 0.409 e. The van der Waals surface area contributed by atoms with E-state index in [1.807, 2.05) is 4.98 Å². The summed E-state index contributed by atoms with van der Waals surface area (Å²) in [5.74, 6) is -1.17. The van der Waals surface area contributed by atoms with E-state index in [1.54, 1.807) is 51.1 Å². The number of nitrogens with zero attached hydrogens (tertiary/aromatic N) is 2. The molecule has 1 heterocycles. The molecule has 180 valence electrons. The van der Waals surface area contributed by atoms with Gasteiger partial charge in [0, 0.05) is 6.42 Å². The van der Waals surface area contributed by atoms with Gasteiger partial charge in [0.1, 0.15) is 11.8 Å². The van der Waals surface area contributed by atoms with Gasteiger partial charge in [-0.15, -0.1) is 0 Å². The number of methoxy groups -OCH3 is 1. The molecular weight excluding hydrogens is 447 g/mol. The topological polar surface area (TPSA) is 124 Å². The van der Waals surface area contributed by atoms with Crippen LogP contribution in [0.5, 0.6) is 5.75 Å². The number of ether oxygens (including phenoxy) is 2. The lowest BCUT2D eigenvalue weighted by atomic mass is 10.1. The molecule has 0 aliphatic carbocycles. The number of carbonyl (C=O) groups excluding carboxylic acids is 1. The van der Waals surface area contributed by atoms with Crippen LogP contribution in [-0.4, -0.2) is 32.9 Å². The minimum atomic E-state index is -1.26. The molecule has 3 rings (SSSR count). The van der Waals surface area contributed by atoms with Crippen LogP contribution >= 0.6 is 0 Å². The zero-order chi connectivity index (χ0) is 25.0. The number of aromatic nitrogens is 3. The quantitative estimate of drug-likeness (QED) is 0.566. The monoisotopic (exact) mass is 472 g/mol. The number of hydrogen-bond acceptors (Lipinski definition) is 6. The maximum Gasteiger partial charge on any atom is 0.409 e. The SMILES string of the molecule is COc1cccc(-n2c(=O)[nH]c(=O)n(C(Cc3ccccc3)NC(=O)OC(C)(C)C)c2=O)c1F. The van der Waals surface area contributed by atoms with E-state index in [0.717, 1.165) is 0 Å². The molecule has 1 aromatic heterocycles. The van der Waals surface area contributed by atoms with Crippen LogP contribution in [0.25, 0.3) is 5.69 Å². The van der Waals surface area contributed by atoms with Crippen molar-refractivity contribution in [3.63, 3.8) is 0 Å². The Morgan fingerprint density at radius 1 is 1.06 bits per heavy atom. The van der Waals surface area contributed by atoms with E-state index < -0.39 is 46.4 Å². The molecule has 2 aromatic carbocycles. The van der Waals surface area contributed by atoms with E-state index in [2.05, 4.69) is 5.32 Å². The predicted octanol–water partition coefficient (Wildman–Crippen LogP) is 2.10. The van der Waals surface area contributed by atoms with Crippen molar-refractivity contribution in [1.29, 1.82) is 0 Å². The highest BCUT2D eigenvalue weighted by molar-refractivity contribution is 5.67. The molecule has 2 N–H and O–H groups in total. The Bertz CT molecular complexity index is 1350. The van der Waals surface area contributed by atoms with Gasteiger partial charge in [0.15, 0.2) is 11.6 Å². The van der Waals surface area contributed by atoms with Crippen molar-refractivity contribution in [2.45, 2.75) is 39.0 Å². The van der Waals surface area contributed by atoms with Gasteiger partial charge in [0.25, 0.3) is 0 Å². The normalized spacial score (nSPS) is 12.1. The number of aromatic amines is 1. The lowest BCUT2D eigenvalue weighted by Crippen LogP contribution is -2.54. The molecule has 1 atom stereocenters. The second kappa shape index (κ2) is 9.77. The number of hydrogen-bond donors (Lipinski definition) is 2. The van der Waals surface area contributed by atoms with Gasteiger partial charge in [0.2, 0.25) is 0 Å². The molecule has 0 saturated heterocycles. The van der Waals surface area contributed by atoms with Crippen LogP contribution in [0.3, 0.4) is 0 Å². The summed E-state index contributed by atoms with van der Waals surface area (Å²) in [6.45, 7) is 4.97. The molecular formula is C23H25FN4O6. The fraction of sp³-hybridized carbons (Fsp3) is 0.304. The standard InChI is InChI=1S/C23H25FN4O6/c1-23(2,3)34-21(31)25-17(13-14-9-6-5-7-10-14)28-20(30)26-19(29)27(22(28)32)15-11-8-12-16(33-4)18(15)24/h5-12,17H,13H2,1-4H3,(H,25,31)(H,26,29,30). The highest BCUT2D eigenvalue weighted by Gasteiger charge is 2.26. The number of nitrogens with one attached hydrogen (secondary N) is 2. The number of H-pyrrole nitrogens is 1. The Balaban J connectivity index is 2.18. The van der Waals surface area contributed by atoms with Crippen LogP contribution in [-0.2, 0) is 11.2 Å². The van der Waals surface area contributed by atoms with Gasteiger partial charge in [0.05, 0.1) is 12.8 Å². The minimum Gasteiger partial charge on any atom is -0.494 e. The predicted molar refractivity (Wildman–Crippen MR) is 122 cm³/mol. The summed E-state index contributed by atoms with van der Waals surface area (Å²) in [5.41, 5.74) is -3.96. The van der Waals surface area contributed by atoms with E-state index in [9.17, 15) is 23.6 Å². The third kappa shape index (κ3) is 5.42. The third-order valence-corrected chi connectivity index (χ3v) is 4.70. The van der Waals surface area contributed by atoms with Crippen molar-refractivity contribution < 1.29 is 18.7 Å². The van der Waals surface area contributed by atoms with Gasteiger partial charge < -0.3 is 14.8 Å². The lowest BCUT2D eigenvalue weighted by molar-refractivity contribution is 0.0477. The molecule has 1 amide bonds. The van der Waals surface area contributed by atoms with Crippen molar-refractivity contribution in [3.05, 3.63) is 91.4 Å². The van der Waals surface area contributed by atoms with E-state index in [-0.39, 0.29) is 12.2 Å². The second-order valence-corrected chi connectivity index (χ2v) is 8.37. The van der Waals surface area contributed by atoms with Gasteiger partial charge in [-0.2, -0.15) is 0 Å². The zero-order valence-corrected chi connectivity index (χ0v) is 19.1. The van der Waals surface area contributed by atoms with Gasteiger partial charge in [-0.1, -0.05) is 36.4 Å². The molecule has 0 fully saturated rings. The Hall–Kier alpha value is -4.15. The molecule has 0 aliphatic rings. The molecule has 0 saturated carbocycles. The average Bonchev–Trinajstić information content (AvgIpc) is 2.74. The first kappa shape index (κ1) is 24.5. The van der Waals surface area contributed by atoms with Gasteiger partial charge in [-0.05, 0) is 38.5 Å². The molecule has 11 heteroatoms. The Labute approximate surface area is 193 Å². The summed E-state index contributed by atoms with van der Waals surface area (Å²) in [4.78, 5) is 53.2. The number of rotatable bonds is 6. The van der Waals surface area contributed by atoms with Crippen LogP contribution < -0.4 is 27.1 Å². The van der Waals surface area contributed by atoms with Gasteiger partial charge in [-0.25, -0.2) is 32.7 Å². The Morgan fingerprint density at radius 3 is 2.35 bits per heavy atom. The summed E-state index contributed by atoms with van der Waals surface area (Å²) in [7, 11) is 1.23. The summed E-state index contributed by atoms with van der Waals surface area (Å²) < 4.78 is 26.2. The fourth-order valence-electron chi connectivity index (χ4n) is 3.29. The molecule has 34 heavy (non-hydrogen) atoms. The van der Waals surface area contributed by atoms with Gasteiger partial charge in [-0.3, -0.25) is 4.98 Å². The summed E-state index contributed by atoms with van der Waals surface area (Å²) >= 11 is 0. The van der Waals surface area contributed by atoms with Crippen LogP contribution in [0.1, 0.15) is 32.5 Å². The van der Waals surface area contributed by atoms with E-state index in [4.69, 9.17) is 9.47 Å². The highest BCUT2D eigenvalue weighted by atomic mass is 19.1. The van der Waals surface area contributed by atoms with Crippen LogP contribution in [0.15, 0.2) is 62.9 Å². The molecule has 0 aliphatic heterocycles. The number of amides is 1. The maximum absolute atomic E-state index is 14.9. The number of benzene rings is 2. The van der Waals surface area contributed by atoms with Crippen molar-refractivity contribution in [2.24, 2.45) is 0 Å². The number of alkyl carbamates (subject to hydrolysis) is 1. The summed E-state index contributed by atoms with van der Waals surface area (Å²) in [6, 6.07) is 12.6. The largest absolute Gasteiger partial charge is 0.494 e. The number of carbonyl (C=O) groups is 1. The van der Waals surface area contributed by atoms with Gasteiger partial charge >= 0.3 is 23.2 Å². The number of halogens is 1. The van der Waals surface area contributed by atoms with Crippen LogP contribution in [0.4, 0.5) is 9.18 Å². The van der Waals surface area contributed by atoms with Crippen LogP contribution in [0, 0.1) is 5.82 Å². The Morgan fingerprint density at radius 2 is 1.74 bits per heavy atom.